The van der Waals surface area contributed by atoms with E-state index in [1.807, 2.05) is 24.6 Å². The van der Waals surface area contributed by atoms with E-state index in [9.17, 15) is 0 Å². The van der Waals surface area contributed by atoms with Crippen LogP contribution in [-0.4, -0.2) is 41.5 Å². The van der Waals surface area contributed by atoms with Crippen LogP contribution in [0.15, 0.2) is 46.4 Å². The highest BCUT2D eigenvalue weighted by molar-refractivity contribution is 6.44. The summed E-state index contributed by atoms with van der Waals surface area (Å²) in [6.45, 7) is 14.7. The number of aliphatic imine (C=N–C) groups is 2. The highest BCUT2D eigenvalue weighted by Crippen LogP contribution is 2.41. The highest BCUT2D eigenvalue weighted by Gasteiger charge is 2.28. The van der Waals surface area contributed by atoms with Gasteiger partial charge in [-0.3, -0.25) is 0 Å². The van der Waals surface area contributed by atoms with Gasteiger partial charge in [0.05, 0.1) is 29.8 Å². The van der Waals surface area contributed by atoms with E-state index >= 15 is 0 Å². The number of anilines is 1. The van der Waals surface area contributed by atoms with Gasteiger partial charge in [0.1, 0.15) is 5.75 Å². The van der Waals surface area contributed by atoms with Crippen LogP contribution in [0.2, 0.25) is 0 Å². The minimum atomic E-state index is 0.769. The monoisotopic (exact) mass is 457 g/mol. The van der Waals surface area contributed by atoms with Gasteiger partial charge in [0, 0.05) is 24.3 Å². The second kappa shape index (κ2) is 9.84. The number of methoxy groups -OCH3 is 1. The van der Waals surface area contributed by atoms with Gasteiger partial charge in [0.25, 0.3) is 0 Å². The van der Waals surface area contributed by atoms with Gasteiger partial charge in [-0.2, -0.15) is 9.78 Å². The van der Waals surface area contributed by atoms with Gasteiger partial charge in [-0.15, -0.1) is 0 Å². The first-order valence-electron chi connectivity index (χ1n) is 12.1. The molecular weight excluding hydrogens is 422 g/mol. The molecule has 1 aliphatic heterocycles. The third kappa shape index (κ3) is 4.37. The Morgan fingerprint density at radius 1 is 1.03 bits per heavy atom. The minimum absolute atomic E-state index is 0.769. The molecule has 34 heavy (non-hydrogen) atoms. The van der Waals surface area contributed by atoms with Gasteiger partial charge in [0.2, 0.25) is 0 Å². The van der Waals surface area contributed by atoms with E-state index in [4.69, 9.17) is 19.8 Å². The van der Waals surface area contributed by atoms with Crippen LogP contribution in [0.4, 0.5) is 17.2 Å². The average Bonchev–Trinajstić information content (AvgIpc) is 3.28. The Bertz CT molecular complexity index is 1270. The molecule has 0 amide bonds. The lowest BCUT2D eigenvalue weighted by molar-refractivity contribution is 0.416. The van der Waals surface area contributed by atoms with E-state index in [-0.39, 0.29) is 0 Å². The molecule has 1 aliphatic rings. The standard InChI is InChI=1S/C28H35N5O/c1-8-10-15-32(9-2)22-12-13-24(19(4)17-22)30-27-21(6)29-28-26(20(5)31-33(27)28)23-16-18(3)11-14-25(23)34-7/h11-14,16-17H,8-10,15H2,1-7H3. The number of hydrogen-bond acceptors (Lipinski definition) is 5. The van der Waals surface area contributed by atoms with E-state index < -0.39 is 0 Å². The Kier molecular flexibility index (Phi) is 6.87. The van der Waals surface area contributed by atoms with E-state index in [0.717, 1.165) is 64.3 Å². The van der Waals surface area contributed by atoms with Crippen LogP contribution in [0.3, 0.4) is 0 Å². The molecule has 2 heterocycles. The highest BCUT2D eigenvalue weighted by atomic mass is 16.5. The lowest BCUT2D eigenvalue weighted by Gasteiger charge is -2.23. The summed E-state index contributed by atoms with van der Waals surface area (Å²) in [5.41, 5.74) is 8.26. The lowest BCUT2D eigenvalue weighted by Crippen LogP contribution is -2.23. The second-order valence-electron chi connectivity index (χ2n) is 8.94. The van der Waals surface area contributed by atoms with Crippen molar-refractivity contribution in [2.45, 2.75) is 54.4 Å². The molecule has 6 heteroatoms. The number of aromatic nitrogens is 2. The Hall–Kier alpha value is -3.41. The van der Waals surface area contributed by atoms with Crippen molar-refractivity contribution in [3.63, 3.8) is 0 Å². The number of aryl methyl sites for hydroxylation is 3. The van der Waals surface area contributed by atoms with Crippen molar-refractivity contribution < 1.29 is 4.74 Å². The number of fused-ring (bicyclic) bond motifs is 1. The molecule has 178 valence electrons. The molecule has 4 rings (SSSR count). The zero-order chi connectivity index (χ0) is 24.4. The molecule has 3 aromatic rings. The molecule has 0 saturated heterocycles. The molecule has 1 aromatic heterocycles. The maximum Gasteiger partial charge on any atom is 0.177 e. The molecule has 0 radical (unpaired) electrons. The van der Waals surface area contributed by atoms with E-state index in [1.54, 1.807) is 7.11 Å². The van der Waals surface area contributed by atoms with Crippen LogP contribution in [0.5, 0.6) is 5.75 Å². The normalized spacial score (nSPS) is 13.9. The summed E-state index contributed by atoms with van der Waals surface area (Å²) >= 11 is 0. The van der Waals surface area contributed by atoms with Crippen molar-refractivity contribution in [1.82, 2.24) is 9.78 Å². The fraction of sp³-hybridized carbons (Fsp3) is 0.393. The molecule has 0 N–H and O–H groups in total. The third-order valence-electron chi connectivity index (χ3n) is 6.39. The summed E-state index contributed by atoms with van der Waals surface area (Å²) in [6, 6.07) is 12.7. The number of benzene rings is 2. The summed E-state index contributed by atoms with van der Waals surface area (Å²) in [5, 5.41) is 4.83. The van der Waals surface area contributed by atoms with Gasteiger partial charge >= 0.3 is 0 Å². The van der Waals surface area contributed by atoms with Crippen LogP contribution < -0.4 is 9.64 Å². The first kappa shape index (κ1) is 23.7. The number of unbranched alkanes of at least 4 members (excludes halogenated alkanes) is 1. The smallest absolute Gasteiger partial charge is 0.177 e. The zero-order valence-corrected chi connectivity index (χ0v) is 21.4. The summed E-state index contributed by atoms with van der Waals surface area (Å²) < 4.78 is 7.52. The SMILES string of the molecule is CCCCN(CC)c1ccc(N=C2C(C)=Nc3c(-c4cc(C)ccc4OC)c(C)nn32)c(C)c1. The average molecular weight is 458 g/mol. The maximum atomic E-state index is 5.65. The van der Waals surface area contributed by atoms with Gasteiger partial charge in [-0.05, 0) is 76.9 Å². The van der Waals surface area contributed by atoms with Gasteiger partial charge < -0.3 is 9.64 Å². The Morgan fingerprint density at radius 2 is 1.82 bits per heavy atom. The summed E-state index contributed by atoms with van der Waals surface area (Å²) in [7, 11) is 1.70. The summed E-state index contributed by atoms with van der Waals surface area (Å²) in [4.78, 5) is 12.3. The number of ether oxygens (including phenoxy) is 1. The van der Waals surface area contributed by atoms with E-state index in [2.05, 4.69) is 62.9 Å². The topological polar surface area (TPSA) is 55.0 Å². The molecule has 6 nitrogen and oxygen atoms in total. The van der Waals surface area contributed by atoms with Crippen LogP contribution >= 0.6 is 0 Å². The number of nitrogens with zero attached hydrogens (tertiary/aromatic N) is 5. The lowest BCUT2D eigenvalue weighted by atomic mass is 10.0. The number of hydrogen-bond donors (Lipinski definition) is 0. The first-order chi connectivity index (χ1) is 16.4. The molecule has 0 spiro atoms. The van der Waals surface area contributed by atoms with Crippen LogP contribution in [0.25, 0.3) is 11.1 Å². The molecule has 2 aromatic carbocycles. The summed E-state index contributed by atoms with van der Waals surface area (Å²) in [6.07, 6.45) is 2.39. The van der Waals surface area contributed by atoms with Crippen molar-refractivity contribution in [2.75, 3.05) is 25.1 Å². The molecule has 0 atom stereocenters. The molecule has 0 saturated carbocycles. The van der Waals surface area contributed by atoms with Crippen molar-refractivity contribution >= 4 is 28.7 Å². The zero-order valence-electron chi connectivity index (χ0n) is 21.4. The van der Waals surface area contributed by atoms with Crippen molar-refractivity contribution in [3.8, 4) is 16.9 Å². The quantitative estimate of drug-likeness (QED) is 0.374. The molecule has 0 bridgehead atoms. The molecular formula is C28H35N5O. The Balaban J connectivity index is 1.74. The Morgan fingerprint density at radius 3 is 2.50 bits per heavy atom. The van der Waals surface area contributed by atoms with Gasteiger partial charge in [-0.1, -0.05) is 25.0 Å². The van der Waals surface area contributed by atoms with Gasteiger partial charge in [-0.25, -0.2) is 9.98 Å². The summed E-state index contributed by atoms with van der Waals surface area (Å²) in [5.74, 6) is 2.39. The van der Waals surface area contributed by atoms with Crippen LogP contribution in [0, 0.1) is 20.8 Å². The van der Waals surface area contributed by atoms with Crippen LogP contribution in [-0.2, 0) is 0 Å². The second-order valence-corrected chi connectivity index (χ2v) is 8.94. The fourth-order valence-electron chi connectivity index (χ4n) is 4.48. The predicted octanol–water partition coefficient (Wildman–Crippen LogP) is 6.79. The molecule has 0 aliphatic carbocycles. The van der Waals surface area contributed by atoms with Crippen molar-refractivity contribution in [3.05, 3.63) is 53.2 Å². The number of rotatable bonds is 8. The van der Waals surface area contributed by atoms with Gasteiger partial charge in [0.15, 0.2) is 11.7 Å². The first-order valence-corrected chi connectivity index (χ1v) is 12.1. The van der Waals surface area contributed by atoms with Crippen LogP contribution in [0.1, 0.15) is 50.4 Å². The molecule has 0 unspecified atom stereocenters. The third-order valence-corrected chi connectivity index (χ3v) is 6.39. The van der Waals surface area contributed by atoms with E-state index in [1.165, 1.54) is 24.1 Å². The fourth-order valence-corrected chi connectivity index (χ4v) is 4.48. The van der Waals surface area contributed by atoms with E-state index in [0.29, 0.717) is 0 Å². The Labute approximate surface area is 203 Å². The maximum absolute atomic E-state index is 5.65. The largest absolute Gasteiger partial charge is 0.496 e. The molecule has 0 fully saturated rings. The van der Waals surface area contributed by atoms with Crippen molar-refractivity contribution in [1.29, 1.82) is 0 Å². The minimum Gasteiger partial charge on any atom is -0.496 e. The van der Waals surface area contributed by atoms with Crippen molar-refractivity contribution in [2.24, 2.45) is 9.98 Å². The predicted molar refractivity (Wildman–Crippen MR) is 143 cm³/mol.